The smallest absolute Gasteiger partial charge is 0.227 e. The standard InChI is InChI=1S/C25H30N4O2S/c1-18-16-20-23(32-18)9-10-26-24(20)29-11-5-6-19(17-29)25(30)28-14-12-27(13-15-28)21-7-3-4-8-22(21)31-2/h3-4,7-10,16,19H,5-6,11-15,17H2,1-2H3/t19-/m0/s1. The van der Waals surface area contributed by atoms with Crippen molar-refractivity contribution in [2.24, 2.45) is 5.92 Å². The number of amides is 1. The molecule has 2 aliphatic rings. The maximum absolute atomic E-state index is 13.4. The lowest BCUT2D eigenvalue weighted by atomic mass is 9.96. The van der Waals surface area contributed by atoms with Crippen LogP contribution in [0.5, 0.6) is 5.75 Å². The maximum atomic E-state index is 13.4. The summed E-state index contributed by atoms with van der Waals surface area (Å²) in [5, 5.41) is 1.22. The zero-order valence-corrected chi connectivity index (χ0v) is 19.6. The second kappa shape index (κ2) is 8.98. The summed E-state index contributed by atoms with van der Waals surface area (Å²) in [4.78, 5) is 26.1. The Hall–Kier alpha value is -2.80. The molecule has 5 rings (SSSR count). The number of carbonyl (C=O) groups is 1. The van der Waals surface area contributed by atoms with E-state index in [9.17, 15) is 4.79 Å². The molecule has 0 aliphatic carbocycles. The monoisotopic (exact) mass is 450 g/mol. The number of para-hydroxylation sites is 2. The summed E-state index contributed by atoms with van der Waals surface area (Å²) >= 11 is 1.81. The van der Waals surface area contributed by atoms with Gasteiger partial charge in [0.2, 0.25) is 5.91 Å². The number of nitrogens with zero attached hydrogens (tertiary/aromatic N) is 4. The van der Waals surface area contributed by atoms with E-state index in [-0.39, 0.29) is 5.92 Å². The van der Waals surface area contributed by atoms with Crippen LogP contribution >= 0.6 is 11.3 Å². The van der Waals surface area contributed by atoms with Gasteiger partial charge in [-0.05, 0) is 44.0 Å². The first-order valence-electron chi connectivity index (χ1n) is 11.4. The summed E-state index contributed by atoms with van der Waals surface area (Å²) in [5.74, 6) is 2.26. The number of carbonyl (C=O) groups excluding carboxylic acids is 1. The van der Waals surface area contributed by atoms with Crippen molar-refractivity contribution >= 4 is 38.8 Å². The van der Waals surface area contributed by atoms with E-state index in [0.717, 1.165) is 69.4 Å². The molecule has 1 amide bonds. The molecule has 1 atom stereocenters. The van der Waals surface area contributed by atoms with E-state index in [1.807, 2.05) is 24.4 Å². The molecular weight excluding hydrogens is 420 g/mol. The zero-order chi connectivity index (χ0) is 22.1. The van der Waals surface area contributed by atoms with Gasteiger partial charge in [0.15, 0.2) is 0 Å². The highest BCUT2D eigenvalue weighted by atomic mass is 32.1. The highest BCUT2D eigenvalue weighted by molar-refractivity contribution is 7.19. The highest BCUT2D eigenvalue weighted by Gasteiger charge is 2.32. The van der Waals surface area contributed by atoms with Gasteiger partial charge < -0.3 is 19.4 Å². The molecule has 168 valence electrons. The van der Waals surface area contributed by atoms with Gasteiger partial charge in [0, 0.05) is 60.4 Å². The molecule has 2 aliphatic heterocycles. The normalized spacial score (nSPS) is 19.4. The minimum absolute atomic E-state index is 0.0401. The number of methoxy groups -OCH3 is 1. The lowest BCUT2D eigenvalue weighted by molar-refractivity contribution is -0.136. The number of hydrogen-bond donors (Lipinski definition) is 0. The highest BCUT2D eigenvalue weighted by Crippen LogP contribution is 2.34. The molecule has 6 nitrogen and oxygen atoms in total. The minimum atomic E-state index is 0.0401. The van der Waals surface area contributed by atoms with E-state index in [2.05, 4.69) is 39.8 Å². The Morgan fingerprint density at radius 1 is 1.09 bits per heavy atom. The van der Waals surface area contributed by atoms with Gasteiger partial charge in [-0.25, -0.2) is 4.98 Å². The van der Waals surface area contributed by atoms with Gasteiger partial charge in [-0.1, -0.05) is 12.1 Å². The molecule has 2 fully saturated rings. The van der Waals surface area contributed by atoms with Gasteiger partial charge in [0.1, 0.15) is 11.6 Å². The minimum Gasteiger partial charge on any atom is -0.495 e. The Balaban J connectivity index is 1.25. The molecule has 0 unspecified atom stereocenters. The predicted octanol–water partition coefficient (Wildman–Crippen LogP) is 4.18. The molecule has 0 radical (unpaired) electrons. The molecule has 0 N–H and O–H groups in total. The maximum Gasteiger partial charge on any atom is 0.227 e. The first kappa shape index (κ1) is 21.1. The topological polar surface area (TPSA) is 48.9 Å². The molecule has 3 aromatic rings. The molecule has 1 aromatic carbocycles. The Morgan fingerprint density at radius 3 is 2.72 bits per heavy atom. The zero-order valence-electron chi connectivity index (χ0n) is 18.8. The summed E-state index contributed by atoms with van der Waals surface area (Å²) in [6.07, 6.45) is 3.88. The van der Waals surface area contributed by atoms with Crippen molar-refractivity contribution in [2.75, 3.05) is 56.2 Å². The van der Waals surface area contributed by atoms with Crippen molar-refractivity contribution in [3.05, 3.63) is 47.5 Å². The second-order valence-corrected chi connectivity index (χ2v) is 9.96. The molecule has 2 saturated heterocycles. The van der Waals surface area contributed by atoms with Crippen molar-refractivity contribution in [1.82, 2.24) is 9.88 Å². The summed E-state index contributed by atoms with van der Waals surface area (Å²) in [7, 11) is 1.71. The van der Waals surface area contributed by atoms with Gasteiger partial charge in [0.05, 0.1) is 18.7 Å². The number of piperazine rings is 1. The number of aryl methyl sites for hydroxylation is 1. The van der Waals surface area contributed by atoms with Crippen molar-refractivity contribution < 1.29 is 9.53 Å². The molecule has 2 aromatic heterocycles. The average molecular weight is 451 g/mol. The molecule has 0 saturated carbocycles. The summed E-state index contributed by atoms with van der Waals surface area (Å²) < 4.78 is 6.79. The van der Waals surface area contributed by atoms with Gasteiger partial charge in [-0.3, -0.25) is 4.79 Å². The molecule has 0 bridgehead atoms. The molecule has 4 heterocycles. The number of anilines is 2. The Kier molecular flexibility index (Phi) is 5.91. The van der Waals surface area contributed by atoms with Crippen LogP contribution in [0.4, 0.5) is 11.5 Å². The van der Waals surface area contributed by atoms with Crippen LogP contribution in [0.2, 0.25) is 0 Å². The average Bonchev–Trinajstić information content (AvgIpc) is 3.24. The fourth-order valence-electron chi connectivity index (χ4n) is 5.02. The van der Waals surface area contributed by atoms with Crippen LogP contribution in [0.15, 0.2) is 42.6 Å². The number of ether oxygens (including phenoxy) is 1. The summed E-state index contributed by atoms with van der Waals surface area (Å²) in [6.45, 7) is 7.03. The fraction of sp³-hybridized carbons (Fsp3) is 0.440. The number of benzene rings is 1. The van der Waals surface area contributed by atoms with Crippen molar-refractivity contribution in [3.8, 4) is 5.75 Å². The molecule has 7 heteroatoms. The van der Waals surface area contributed by atoms with E-state index >= 15 is 0 Å². The van der Waals surface area contributed by atoms with Crippen LogP contribution in [0.1, 0.15) is 17.7 Å². The van der Waals surface area contributed by atoms with Crippen LogP contribution in [0.3, 0.4) is 0 Å². The van der Waals surface area contributed by atoms with Crippen molar-refractivity contribution in [1.29, 1.82) is 0 Å². The largest absolute Gasteiger partial charge is 0.495 e. The van der Waals surface area contributed by atoms with Gasteiger partial charge >= 0.3 is 0 Å². The molecular formula is C25H30N4O2S. The van der Waals surface area contributed by atoms with Crippen LogP contribution in [-0.2, 0) is 4.79 Å². The van der Waals surface area contributed by atoms with E-state index in [4.69, 9.17) is 9.72 Å². The van der Waals surface area contributed by atoms with E-state index in [1.54, 1.807) is 18.4 Å². The summed E-state index contributed by atoms with van der Waals surface area (Å²) in [5.41, 5.74) is 1.11. The molecule has 32 heavy (non-hydrogen) atoms. The van der Waals surface area contributed by atoms with Crippen LogP contribution < -0.4 is 14.5 Å². The second-order valence-electron chi connectivity index (χ2n) is 8.67. The van der Waals surface area contributed by atoms with Crippen molar-refractivity contribution in [3.63, 3.8) is 0 Å². The van der Waals surface area contributed by atoms with Gasteiger partial charge in [-0.15, -0.1) is 11.3 Å². The number of hydrogen-bond acceptors (Lipinski definition) is 6. The van der Waals surface area contributed by atoms with Crippen LogP contribution in [0.25, 0.3) is 10.1 Å². The quantitative estimate of drug-likeness (QED) is 0.597. The number of rotatable bonds is 4. The Labute approximate surface area is 193 Å². The third-order valence-electron chi connectivity index (χ3n) is 6.64. The Morgan fingerprint density at radius 2 is 1.91 bits per heavy atom. The Bertz CT molecular complexity index is 1110. The first-order valence-corrected chi connectivity index (χ1v) is 12.2. The SMILES string of the molecule is COc1ccccc1N1CCN(C(=O)[C@H]2CCCN(c3nccc4sc(C)cc34)C2)CC1. The third-order valence-corrected chi connectivity index (χ3v) is 7.65. The van der Waals surface area contributed by atoms with Crippen molar-refractivity contribution in [2.45, 2.75) is 19.8 Å². The lowest BCUT2D eigenvalue weighted by Gasteiger charge is -2.40. The number of piperidine rings is 1. The van der Waals surface area contributed by atoms with Gasteiger partial charge in [0.25, 0.3) is 0 Å². The molecule has 0 spiro atoms. The number of pyridine rings is 1. The third kappa shape index (κ3) is 4.01. The lowest BCUT2D eigenvalue weighted by Crippen LogP contribution is -2.52. The number of thiophene rings is 1. The first-order chi connectivity index (χ1) is 15.6. The number of aromatic nitrogens is 1. The predicted molar refractivity (Wildman–Crippen MR) is 131 cm³/mol. The van der Waals surface area contributed by atoms with E-state index < -0.39 is 0 Å². The van der Waals surface area contributed by atoms with Crippen LogP contribution in [-0.4, -0.2) is 62.2 Å². The summed E-state index contributed by atoms with van der Waals surface area (Å²) in [6, 6.07) is 12.4. The van der Waals surface area contributed by atoms with Crippen LogP contribution in [0, 0.1) is 12.8 Å². The number of fused-ring (bicyclic) bond motifs is 1. The van der Waals surface area contributed by atoms with E-state index in [0.29, 0.717) is 5.91 Å². The van der Waals surface area contributed by atoms with E-state index in [1.165, 1.54) is 15.0 Å². The van der Waals surface area contributed by atoms with Gasteiger partial charge in [-0.2, -0.15) is 0 Å². The fourth-order valence-corrected chi connectivity index (χ4v) is 5.93.